The lowest BCUT2D eigenvalue weighted by molar-refractivity contribution is 0.0509. The van der Waals surface area contributed by atoms with Crippen LogP contribution >= 0.6 is 11.6 Å². The van der Waals surface area contributed by atoms with E-state index in [1.165, 1.54) is 18.2 Å². The summed E-state index contributed by atoms with van der Waals surface area (Å²) in [5, 5.41) is 8.80. The summed E-state index contributed by atoms with van der Waals surface area (Å²) in [4.78, 5) is 12.8. The predicted molar refractivity (Wildman–Crippen MR) is 64.9 cm³/mol. The van der Waals surface area contributed by atoms with Crippen LogP contribution in [0.2, 0.25) is 5.02 Å². The number of halogens is 3. The van der Waals surface area contributed by atoms with Crippen LogP contribution in [0.3, 0.4) is 0 Å². The molecule has 1 rings (SSSR count). The number of alkyl halides is 2. The lowest BCUT2D eigenvalue weighted by Gasteiger charge is -2.22. The molecule has 18 heavy (non-hydrogen) atoms. The highest BCUT2D eigenvalue weighted by Gasteiger charge is 2.21. The van der Waals surface area contributed by atoms with Crippen molar-refractivity contribution in [3.63, 3.8) is 0 Å². The third kappa shape index (κ3) is 3.54. The minimum Gasteiger partial charge on any atom is -0.398 e. The van der Waals surface area contributed by atoms with Gasteiger partial charge in [-0.15, -0.1) is 0 Å². The van der Waals surface area contributed by atoms with Crippen LogP contribution in [-0.4, -0.2) is 42.0 Å². The third-order valence-corrected chi connectivity index (χ3v) is 2.70. The summed E-state index contributed by atoms with van der Waals surface area (Å²) >= 11 is 5.85. The van der Waals surface area contributed by atoms with Gasteiger partial charge < -0.3 is 15.7 Å². The Hall–Kier alpha value is -1.40. The number of amides is 1. The number of nitrogens with two attached hydrogens (primary N) is 1. The number of nitrogen functional groups attached to an aromatic ring is 1. The molecule has 100 valence electrons. The fourth-order valence-corrected chi connectivity index (χ4v) is 1.66. The molecule has 1 aromatic rings. The van der Waals surface area contributed by atoms with Crippen molar-refractivity contribution >= 4 is 23.2 Å². The first-order valence-corrected chi connectivity index (χ1v) is 5.57. The van der Waals surface area contributed by atoms with E-state index < -0.39 is 25.5 Å². The molecule has 3 N–H and O–H groups in total. The average molecular weight is 279 g/mol. The Labute approximate surface area is 108 Å². The van der Waals surface area contributed by atoms with Gasteiger partial charge in [0.05, 0.1) is 29.4 Å². The predicted octanol–water partition coefficient (Wildman–Crippen LogP) is 1.62. The van der Waals surface area contributed by atoms with E-state index in [4.69, 9.17) is 22.4 Å². The second kappa shape index (κ2) is 6.51. The molecule has 0 aliphatic rings. The van der Waals surface area contributed by atoms with Crippen LogP contribution in [0.25, 0.3) is 0 Å². The monoisotopic (exact) mass is 278 g/mol. The average Bonchev–Trinajstić information content (AvgIpc) is 2.31. The maximum absolute atomic E-state index is 12.3. The third-order valence-electron chi connectivity index (χ3n) is 2.27. The van der Waals surface area contributed by atoms with E-state index in [0.29, 0.717) is 0 Å². The first-order chi connectivity index (χ1) is 8.47. The second-order valence-corrected chi connectivity index (χ2v) is 3.95. The van der Waals surface area contributed by atoms with Gasteiger partial charge in [-0.25, -0.2) is 8.78 Å². The van der Waals surface area contributed by atoms with Gasteiger partial charge in [-0.3, -0.25) is 4.79 Å². The Balaban J connectivity index is 2.98. The Morgan fingerprint density at radius 2 is 2.17 bits per heavy atom. The van der Waals surface area contributed by atoms with Crippen LogP contribution in [0.15, 0.2) is 18.2 Å². The zero-order chi connectivity index (χ0) is 13.7. The topological polar surface area (TPSA) is 66.6 Å². The summed E-state index contributed by atoms with van der Waals surface area (Å²) in [5.74, 6) is -0.679. The molecule has 0 saturated heterocycles. The smallest absolute Gasteiger partial charge is 0.255 e. The van der Waals surface area contributed by atoms with Crippen molar-refractivity contribution in [1.82, 2.24) is 4.90 Å². The van der Waals surface area contributed by atoms with E-state index in [1.807, 2.05) is 0 Å². The zero-order valence-electron chi connectivity index (χ0n) is 9.44. The maximum atomic E-state index is 12.3. The van der Waals surface area contributed by atoms with Crippen molar-refractivity contribution in [3.8, 4) is 0 Å². The molecule has 0 saturated carbocycles. The Bertz CT molecular complexity index is 430. The molecule has 0 fully saturated rings. The van der Waals surface area contributed by atoms with Crippen LogP contribution in [0.4, 0.5) is 14.5 Å². The number of benzene rings is 1. The van der Waals surface area contributed by atoms with Gasteiger partial charge in [-0.2, -0.15) is 0 Å². The molecular weight excluding hydrogens is 266 g/mol. The number of carbonyl (C=O) groups excluding carboxylic acids is 1. The molecule has 0 heterocycles. The molecule has 0 atom stereocenters. The Morgan fingerprint density at radius 3 is 2.72 bits per heavy atom. The van der Waals surface area contributed by atoms with Gasteiger partial charge in [0.2, 0.25) is 0 Å². The summed E-state index contributed by atoms with van der Waals surface area (Å²) in [6.07, 6.45) is -2.68. The molecule has 1 aromatic carbocycles. The van der Waals surface area contributed by atoms with E-state index in [9.17, 15) is 13.6 Å². The number of carbonyl (C=O) groups is 1. The molecule has 1 amide bonds. The minimum atomic E-state index is -2.68. The van der Waals surface area contributed by atoms with E-state index >= 15 is 0 Å². The van der Waals surface area contributed by atoms with Crippen LogP contribution in [0, 0.1) is 0 Å². The molecule has 0 unspecified atom stereocenters. The molecule has 0 radical (unpaired) electrons. The Morgan fingerprint density at radius 1 is 1.50 bits per heavy atom. The molecule has 0 aliphatic heterocycles. The highest BCUT2D eigenvalue weighted by atomic mass is 35.5. The summed E-state index contributed by atoms with van der Waals surface area (Å²) < 4.78 is 24.7. The zero-order valence-corrected chi connectivity index (χ0v) is 10.2. The van der Waals surface area contributed by atoms with Crippen molar-refractivity contribution in [2.45, 2.75) is 6.43 Å². The number of rotatable bonds is 5. The lowest BCUT2D eigenvalue weighted by atomic mass is 10.1. The summed E-state index contributed by atoms with van der Waals surface area (Å²) in [6.45, 7) is -1.35. The fraction of sp³-hybridized carbons (Fsp3) is 0.364. The number of hydrogen-bond donors (Lipinski definition) is 2. The van der Waals surface area contributed by atoms with Crippen molar-refractivity contribution in [1.29, 1.82) is 0 Å². The van der Waals surface area contributed by atoms with E-state index in [0.717, 1.165) is 4.90 Å². The van der Waals surface area contributed by atoms with Crippen molar-refractivity contribution in [2.75, 3.05) is 25.4 Å². The number of anilines is 1. The number of hydrogen-bond acceptors (Lipinski definition) is 3. The largest absolute Gasteiger partial charge is 0.398 e. The first-order valence-electron chi connectivity index (χ1n) is 5.19. The van der Waals surface area contributed by atoms with Crippen molar-refractivity contribution in [3.05, 3.63) is 28.8 Å². The van der Waals surface area contributed by atoms with Gasteiger partial charge in [-0.1, -0.05) is 17.7 Å². The van der Waals surface area contributed by atoms with Crippen LogP contribution < -0.4 is 5.73 Å². The first kappa shape index (κ1) is 14.7. The summed E-state index contributed by atoms with van der Waals surface area (Å²) in [7, 11) is 0. The normalized spacial score (nSPS) is 10.7. The van der Waals surface area contributed by atoms with Gasteiger partial charge in [-0.05, 0) is 12.1 Å². The molecule has 4 nitrogen and oxygen atoms in total. The summed E-state index contributed by atoms with van der Waals surface area (Å²) in [6, 6.07) is 4.41. The van der Waals surface area contributed by atoms with E-state index in [1.54, 1.807) is 0 Å². The highest BCUT2D eigenvalue weighted by molar-refractivity contribution is 6.36. The molecular formula is C11H13ClF2N2O2. The van der Waals surface area contributed by atoms with Gasteiger partial charge in [0, 0.05) is 6.54 Å². The highest BCUT2D eigenvalue weighted by Crippen LogP contribution is 2.24. The molecule has 7 heteroatoms. The fourth-order valence-electron chi connectivity index (χ4n) is 1.45. The number of aliphatic hydroxyl groups excluding tert-OH is 1. The lowest BCUT2D eigenvalue weighted by Crippen LogP contribution is -2.37. The second-order valence-electron chi connectivity index (χ2n) is 3.57. The summed E-state index contributed by atoms with van der Waals surface area (Å²) in [5.41, 5.74) is 5.78. The number of nitrogens with zero attached hydrogens (tertiary/aromatic N) is 1. The number of aliphatic hydroxyl groups is 1. The van der Waals surface area contributed by atoms with E-state index in [-0.39, 0.29) is 22.8 Å². The standard InChI is InChI=1S/C11H13ClF2N2O2/c12-10-7(2-1-3-8(10)15)11(18)16(4-5-17)6-9(13)14/h1-3,9,17H,4-6,15H2. The minimum absolute atomic E-state index is 0.0275. The quantitative estimate of drug-likeness (QED) is 0.805. The van der Waals surface area contributed by atoms with Gasteiger partial charge in [0.25, 0.3) is 12.3 Å². The molecule has 0 spiro atoms. The molecule has 0 bridgehead atoms. The van der Waals surface area contributed by atoms with Gasteiger partial charge in [0.15, 0.2) is 0 Å². The molecule has 0 aliphatic carbocycles. The maximum Gasteiger partial charge on any atom is 0.255 e. The molecule has 0 aromatic heterocycles. The van der Waals surface area contributed by atoms with Crippen LogP contribution in [0.1, 0.15) is 10.4 Å². The SMILES string of the molecule is Nc1cccc(C(=O)N(CCO)CC(F)F)c1Cl. The van der Waals surface area contributed by atoms with E-state index in [2.05, 4.69) is 0 Å². The van der Waals surface area contributed by atoms with Gasteiger partial charge in [0.1, 0.15) is 0 Å². The van der Waals surface area contributed by atoms with Crippen molar-refractivity contribution < 1.29 is 18.7 Å². The van der Waals surface area contributed by atoms with Crippen LogP contribution in [-0.2, 0) is 0 Å². The Kier molecular flexibility index (Phi) is 5.30. The van der Waals surface area contributed by atoms with Gasteiger partial charge >= 0.3 is 0 Å². The van der Waals surface area contributed by atoms with Crippen molar-refractivity contribution in [2.24, 2.45) is 0 Å². The van der Waals surface area contributed by atoms with Crippen LogP contribution in [0.5, 0.6) is 0 Å².